The summed E-state index contributed by atoms with van der Waals surface area (Å²) >= 11 is 0. The van der Waals surface area contributed by atoms with Gasteiger partial charge in [-0.15, -0.1) is 0 Å². The first-order valence-electron chi connectivity index (χ1n) is 11.7. The van der Waals surface area contributed by atoms with E-state index in [0.29, 0.717) is 22.9 Å². The Morgan fingerprint density at radius 2 is 1.74 bits per heavy atom. The van der Waals surface area contributed by atoms with Crippen molar-refractivity contribution in [2.24, 2.45) is 17.3 Å². The van der Waals surface area contributed by atoms with Crippen molar-refractivity contribution in [3.8, 4) is 17.2 Å². The van der Waals surface area contributed by atoms with Crippen molar-refractivity contribution in [3.63, 3.8) is 0 Å². The molecule has 2 aromatic rings. The lowest BCUT2D eigenvalue weighted by Crippen LogP contribution is -2.51. The van der Waals surface area contributed by atoms with Gasteiger partial charge in [0.05, 0.1) is 30.7 Å². The van der Waals surface area contributed by atoms with Crippen LogP contribution in [-0.2, 0) is 14.4 Å². The summed E-state index contributed by atoms with van der Waals surface area (Å²) in [5.74, 6) is -0.435. The van der Waals surface area contributed by atoms with Gasteiger partial charge in [0.1, 0.15) is 11.8 Å². The summed E-state index contributed by atoms with van der Waals surface area (Å²) < 4.78 is 16.2. The van der Waals surface area contributed by atoms with E-state index in [2.05, 4.69) is 0 Å². The van der Waals surface area contributed by atoms with Crippen LogP contribution in [0.25, 0.3) is 6.08 Å². The van der Waals surface area contributed by atoms with E-state index in [1.807, 2.05) is 56.0 Å². The van der Waals surface area contributed by atoms with E-state index in [-0.39, 0.29) is 24.4 Å². The Bertz CT molecular complexity index is 1310. The minimum absolute atomic E-state index is 0.0687. The predicted molar refractivity (Wildman–Crippen MR) is 129 cm³/mol. The van der Waals surface area contributed by atoms with Crippen molar-refractivity contribution in [2.75, 3.05) is 23.7 Å². The maximum Gasteiger partial charge on any atom is 0.240 e. The van der Waals surface area contributed by atoms with E-state index >= 15 is 0 Å². The molecule has 8 heteroatoms. The van der Waals surface area contributed by atoms with E-state index in [1.54, 1.807) is 25.3 Å². The lowest BCUT2D eigenvalue weighted by molar-refractivity contribution is -0.132. The van der Waals surface area contributed by atoms with Gasteiger partial charge >= 0.3 is 0 Å². The van der Waals surface area contributed by atoms with Gasteiger partial charge in [0.2, 0.25) is 18.6 Å². The highest BCUT2D eigenvalue weighted by Gasteiger charge is 2.65. The van der Waals surface area contributed by atoms with Gasteiger partial charge in [-0.1, -0.05) is 32.9 Å². The molecule has 0 radical (unpaired) electrons. The van der Waals surface area contributed by atoms with E-state index in [0.717, 1.165) is 11.3 Å². The zero-order valence-corrected chi connectivity index (χ0v) is 20.0. The third-order valence-electron chi connectivity index (χ3n) is 7.33. The summed E-state index contributed by atoms with van der Waals surface area (Å²) in [7, 11) is 1.60. The number of nitrogens with zero attached hydrogens (tertiary/aromatic N) is 2. The molecule has 180 valence electrons. The Morgan fingerprint density at radius 3 is 2.49 bits per heavy atom. The average molecular weight is 475 g/mol. The number of carbonyl (C=O) groups is 3. The largest absolute Gasteiger partial charge is 0.497 e. The maximum absolute atomic E-state index is 13.9. The number of rotatable bonds is 3. The monoisotopic (exact) mass is 474 g/mol. The molecule has 4 aliphatic heterocycles. The van der Waals surface area contributed by atoms with Crippen molar-refractivity contribution < 1.29 is 28.6 Å². The molecule has 0 unspecified atom stereocenters. The third kappa shape index (κ3) is 3.02. The van der Waals surface area contributed by atoms with Crippen LogP contribution in [0.1, 0.15) is 26.3 Å². The van der Waals surface area contributed by atoms with Crippen LogP contribution in [0, 0.1) is 17.3 Å². The van der Waals surface area contributed by atoms with Crippen LogP contribution in [0.4, 0.5) is 11.4 Å². The Kier molecular flexibility index (Phi) is 4.55. The van der Waals surface area contributed by atoms with Crippen LogP contribution >= 0.6 is 0 Å². The number of ether oxygens (including phenoxy) is 3. The molecule has 0 bridgehead atoms. The van der Waals surface area contributed by atoms with E-state index in [9.17, 15) is 14.4 Å². The summed E-state index contributed by atoms with van der Waals surface area (Å²) in [6.45, 7) is 5.65. The highest BCUT2D eigenvalue weighted by atomic mass is 16.7. The molecule has 8 nitrogen and oxygen atoms in total. The Labute approximate surface area is 203 Å². The number of amides is 2. The standard InChI is InChI=1S/C27H26N2O6/c1-27(2,3)24(30)23-22-21(18-8-5-14-11-16(33-4)7-9-17(14)29(18)23)25(31)28(26(22)32)15-6-10-19-20(12-15)35-13-34-19/h5-12,18,21-23H,13H2,1-4H3/t18-,21+,22+,23-/m1/s1. The van der Waals surface area contributed by atoms with Crippen molar-refractivity contribution in [1.29, 1.82) is 0 Å². The first-order chi connectivity index (χ1) is 16.7. The fraction of sp³-hybridized carbons (Fsp3) is 0.370. The second kappa shape index (κ2) is 7.34. The summed E-state index contributed by atoms with van der Waals surface area (Å²) in [6, 6.07) is 9.49. The van der Waals surface area contributed by atoms with Gasteiger partial charge in [-0.05, 0) is 30.3 Å². The molecular weight excluding hydrogens is 448 g/mol. The maximum atomic E-state index is 13.9. The highest BCUT2D eigenvalue weighted by molar-refractivity contribution is 6.25. The average Bonchev–Trinajstić information content (AvgIpc) is 3.50. The lowest BCUT2D eigenvalue weighted by atomic mass is 9.79. The fourth-order valence-electron chi connectivity index (χ4n) is 5.70. The van der Waals surface area contributed by atoms with Gasteiger partial charge in [-0.25, -0.2) is 4.90 Å². The molecule has 4 atom stereocenters. The summed E-state index contributed by atoms with van der Waals surface area (Å²) in [6.07, 6.45) is 3.88. The lowest BCUT2D eigenvalue weighted by Gasteiger charge is -2.38. The number of hydrogen-bond donors (Lipinski definition) is 0. The minimum atomic E-state index is -0.789. The normalized spacial score (nSPS) is 26.1. The number of ketones is 1. The zero-order chi connectivity index (χ0) is 24.6. The van der Waals surface area contributed by atoms with Gasteiger partial charge in [0.15, 0.2) is 17.3 Å². The summed E-state index contributed by atoms with van der Waals surface area (Å²) in [5.41, 5.74) is 1.44. The third-order valence-corrected chi connectivity index (χ3v) is 7.33. The minimum Gasteiger partial charge on any atom is -0.497 e. The molecule has 2 amide bonds. The Morgan fingerprint density at radius 1 is 1.00 bits per heavy atom. The molecule has 2 aromatic carbocycles. The van der Waals surface area contributed by atoms with Gasteiger partial charge in [0, 0.05) is 22.7 Å². The SMILES string of the molecule is COc1ccc2c(c1)C=C[C@@H]1[C@@H]3C(=O)N(c4ccc5c(c4)OCO5)C(=O)[C@@H]3[C@H](C(=O)C(C)(C)C)N21. The number of fused-ring (bicyclic) bond motifs is 6. The Balaban J connectivity index is 1.46. The number of imide groups is 1. The van der Waals surface area contributed by atoms with E-state index in [4.69, 9.17) is 14.2 Å². The van der Waals surface area contributed by atoms with Gasteiger partial charge in [-0.3, -0.25) is 14.4 Å². The molecule has 35 heavy (non-hydrogen) atoms. The first kappa shape index (κ1) is 21.7. The molecule has 4 aliphatic rings. The smallest absolute Gasteiger partial charge is 0.240 e. The molecule has 0 aromatic heterocycles. The molecule has 0 saturated carbocycles. The Hall–Kier alpha value is -3.81. The van der Waals surface area contributed by atoms with Crippen molar-refractivity contribution in [1.82, 2.24) is 0 Å². The van der Waals surface area contributed by atoms with Gasteiger partial charge in [-0.2, -0.15) is 0 Å². The molecule has 4 heterocycles. The molecule has 6 rings (SSSR count). The summed E-state index contributed by atoms with van der Waals surface area (Å²) in [5, 5.41) is 0. The number of anilines is 2. The van der Waals surface area contributed by atoms with Crippen LogP contribution in [-0.4, -0.2) is 43.6 Å². The number of carbonyl (C=O) groups excluding carboxylic acids is 3. The molecule has 0 N–H and O–H groups in total. The van der Waals surface area contributed by atoms with Gasteiger partial charge < -0.3 is 19.1 Å². The molecular formula is C27H26N2O6. The number of hydrogen-bond acceptors (Lipinski definition) is 7. The molecule has 0 aliphatic carbocycles. The van der Waals surface area contributed by atoms with Crippen molar-refractivity contribution in [2.45, 2.75) is 32.9 Å². The van der Waals surface area contributed by atoms with E-state index < -0.39 is 29.3 Å². The quantitative estimate of drug-likeness (QED) is 0.630. The molecule has 2 saturated heterocycles. The van der Waals surface area contributed by atoms with Crippen LogP contribution in [0.5, 0.6) is 17.2 Å². The highest BCUT2D eigenvalue weighted by Crippen LogP contribution is 2.51. The van der Waals surface area contributed by atoms with Crippen LogP contribution in [0.3, 0.4) is 0 Å². The fourth-order valence-corrected chi connectivity index (χ4v) is 5.70. The summed E-state index contributed by atoms with van der Waals surface area (Å²) in [4.78, 5) is 44.8. The number of Topliss-reactive ketones (excluding diaryl/α,β-unsaturated/α-hetero) is 1. The van der Waals surface area contributed by atoms with Crippen LogP contribution in [0.2, 0.25) is 0 Å². The molecule has 2 fully saturated rings. The predicted octanol–water partition coefficient (Wildman–Crippen LogP) is 3.43. The van der Waals surface area contributed by atoms with Crippen LogP contribution < -0.4 is 24.0 Å². The van der Waals surface area contributed by atoms with Crippen molar-refractivity contribution >= 4 is 35.0 Å². The van der Waals surface area contributed by atoms with Gasteiger partial charge in [0.25, 0.3) is 0 Å². The number of benzene rings is 2. The molecule has 0 spiro atoms. The topological polar surface area (TPSA) is 85.4 Å². The zero-order valence-electron chi connectivity index (χ0n) is 20.0. The second-order valence-corrected chi connectivity index (χ2v) is 10.3. The second-order valence-electron chi connectivity index (χ2n) is 10.3. The van der Waals surface area contributed by atoms with Crippen molar-refractivity contribution in [3.05, 3.63) is 48.0 Å². The number of methoxy groups -OCH3 is 1. The van der Waals surface area contributed by atoms with Crippen LogP contribution in [0.15, 0.2) is 42.5 Å². The van der Waals surface area contributed by atoms with E-state index in [1.165, 1.54) is 4.90 Å². The first-order valence-corrected chi connectivity index (χ1v) is 11.7.